The minimum Gasteiger partial charge on any atom is -0.439 e. The molecule has 0 aliphatic carbocycles. The van der Waals surface area contributed by atoms with E-state index in [0.29, 0.717) is 6.92 Å². The molecule has 0 atom stereocenters. The Bertz CT molecular complexity index is 288. The molecule has 3 nitrogen and oxygen atoms in total. The van der Waals surface area contributed by atoms with Crippen molar-refractivity contribution in [1.29, 1.82) is 0 Å². The van der Waals surface area contributed by atoms with E-state index >= 15 is 0 Å². The van der Waals surface area contributed by atoms with Crippen LogP contribution in [0.2, 0.25) is 13.1 Å². The lowest BCUT2D eigenvalue weighted by atomic mass is 9.67. The molecule has 0 aliphatic heterocycles. The van der Waals surface area contributed by atoms with Gasteiger partial charge < -0.3 is 4.65 Å². The molecule has 0 N–H and O–H groups in total. The van der Waals surface area contributed by atoms with E-state index in [0.717, 1.165) is 19.4 Å². The zero-order valence-electron chi connectivity index (χ0n) is 10.9. The highest BCUT2D eigenvalue weighted by atomic mass is 16.4. The van der Waals surface area contributed by atoms with Crippen LogP contribution in [0.1, 0.15) is 26.2 Å². The number of unbranched alkanes of at least 4 members (excludes halogenated alkanes) is 1. The van der Waals surface area contributed by atoms with Crippen molar-refractivity contribution in [3.63, 3.8) is 0 Å². The Labute approximate surface area is 99.5 Å². The molecule has 1 heterocycles. The molecular formula is C12H24BN2O+. The van der Waals surface area contributed by atoms with E-state index in [9.17, 15) is 0 Å². The molecule has 0 aliphatic rings. The third-order valence-corrected chi connectivity index (χ3v) is 2.95. The van der Waals surface area contributed by atoms with Crippen LogP contribution in [0.25, 0.3) is 0 Å². The monoisotopic (exact) mass is 223 g/mol. The van der Waals surface area contributed by atoms with Crippen LogP contribution in [0.15, 0.2) is 18.7 Å². The Hall–Kier alpha value is -0.765. The summed E-state index contributed by atoms with van der Waals surface area (Å²) in [7, 11) is 1.78. The molecule has 16 heavy (non-hydrogen) atoms. The summed E-state index contributed by atoms with van der Waals surface area (Å²) in [5, 5.41) is 0. The maximum atomic E-state index is 5.23. The summed E-state index contributed by atoms with van der Waals surface area (Å²) < 4.78 is 9.76. The zero-order valence-corrected chi connectivity index (χ0v) is 10.9. The van der Waals surface area contributed by atoms with Gasteiger partial charge in [-0.15, -0.1) is 0 Å². The van der Waals surface area contributed by atoms with Crippen molar-refractivity contribution in [2.24, 2.45) is 0 Å². The van der Waals surface area contributed by atoms with Gasteiger partial charge in [-0.1, -0.05) is 20.2 Å². The Morgan fingerprint density at radius 1 is 1.38 bits per heavy atom. The number of nitrogens with zero attached hydrogens (tertiary/aromatic N) is 2. The maximum Gasteiger partial charge on any atom is 0.289 e. The predicted molar refractivity (Wildman–Crippen MR) is 67.6 cm³/mol. The molecule has 0 aromatic carbocycles. The van der Waals surface area contributed by atoms with E-state index in [1.54, 1.807) is 7.11 Å². The SMILES string of the molecule is CCCC[n+]1ccn(CCCB(C)OC)c1. The third kappa shape index (κ3) is 4.84. The van der Waals surface area contributed by atoms with Crippen LogP contribution < -0.4 is 4.57 Å². The lowest BCUT2D eigenvalue weighted by molar-refractivity contribution is -0.696. The highest BCUT2D eigenvalue weighted by Gasteiger charge is 2.07. The van der Waals surface area contributed by atoms with Gasteiger partial charge in [0.25, 0.3) is 6.92 Å². The predicted octanol–water partition coefficient (Wildman–Crippen LogP) is 2.23. The smallest absolute Gasteiger partial charge is 0.289 e. The summed E-state index contributed by atoms with van der Waals surface area (Å²) >= 11 is 0. The molecule has 0 saturated carbocycles. The summed E-state index contributed by atoms with van der Waals surface area (Å²) in [5.74, 6) is 0. The van der Waals surface area contributed by atoms with Gasteiger partial charge in [0.1, 0.15) is 12.4 Å². The lowest BCUT2D eigenvalue weighted by Crippen LogP contribution is -2.30. The first-order valence-corrected chi connectivity index (χ1v) is 6.34. The molecule has 0 spiro atoms. The van der Waals surface area contributed by atoms with Gasteiger partial charge in [0.05, 0.1) is 13.1 Å². The molecule has 90 valence electrons. The Kier molecular flexibility index (Phi) is 6.23. The average molecular weight is 223 g/mol. The van der Waals surface area contributed by atoms with E-state index in [-0.39, 0.29) is 0 Å². The second-order valence-corrected chi connectivity index (χ2v) is 4.43. The molecule has 1 aromatic heterocycles. The van der Waals surface area contributed by atoms with Crippen molar-refractivity contribution < 1.29 is 9.22 Å². The standard InChI is InChI=1S/C12H24BN2O/c1-4-5-8-14-10-11-15(12-14)9-6-7-13(2)16-3/h10-12H,4-9H2,1-3H3/q+1. The van der Waals surface area contributed by atoms with Crippen LogP contribution in [0.4, 0.5) is 0 Å². The van der Waals surface area contributed by atoms with Gasteiger partial charge in [0.2, 0.25) is 6.33 Å². The first-order valence-electron chi connectivity index (χ1n) is 6.34. The van der Waals surface area contributed by atoms with Crippen LogP contribution in [0.3, 0.4) is 0 Å². The molecule has 1 aromatic rings. The summed E-state index contributed by atoms with van der Waals surface area (Å²) in [4.78, 5) is 0. The second-order valence-electron chi connectivity index (χ2n) is 4.43. The number of rotatable bonds is 8. The summed E-state index contributed by atoms with van der Waals surface area (Å²) in [6.45, 7) is 6.95. The first-order chi connectivity index (χ1) is 7.76. The Morgan fingerprint density at radius 2 is 2.19 bits per heavy atom. The van der Waals surface area contributed by atoms with Crippen molar-refractivity contribution in [3.8, 4) is 0 Å². The number of aromatic nitrogens is 2. The van der Waals surface area contributed by atoms with Gasteiger partial charge in [-0.05, 0) is 19.2 Å². The van der Waals surface area contributed by atoms with E-state index in [1.165, 1.54) is 19.3 Å². The fourth-order valence-electron chi connectivity index (χ4n) is 1.72. The molecule has 0 saturated heterocycles. The van der Waals surface area contributed by atoms with Gasteiger partial charge in [-0.2, -0.15) is 0 Å². The highest BCUT2D eigenvalue weighted by molar-refractivity contribution is 6.50. The summed E-state index contributed by atoms with van der Waals surface area (Å²) in [6.07, 6.45) is 11.3. The first kappa shape index (κ1) is 13.3. The summed E-state index contributed by atoms with van der Waals surface area (Å²) in [5.41, 5.74) is 0. The van der Waals surface area contributed by atoms with Gasteiger partial charge >= 0.3 is 0 Å². The number of hydrogen-bond acceptors (Lipinski definition) is 1. The average Bonchev–Trinajstić information content (AvgIpc) is 2.74. The lowest BCUT2D eigenvalue weighted by Gasteiger charge is -2.02. The molecule has 0 radical (unpaired) electrons. The zero-order chi connectivity index (χ0) is 11.8. The van der Waals surface area contributed by atoms with Crippen LogP contribution >= 0.6 is 0 Å². The van der Waals surface area contributed by atoms with Crippen LogP contribution in [-0.2, 0) is 17.7 Å². The number of aryl methyl sites for hydroxylation is 2. The molecule has 0 unspecified atom stereocenters. The molecule has 1 rings (SSSR count). The molecule has 0 bridgehead atoms. The molecule has 4 heteroatoms. The van der Waals surface area contributed by atoms with Gasteiger partial charge in [0.15, 0.2) is 0 Å². The topological polar surface area (TPSA) is 18.0 Å². The maximum absolute atomic E-state index is 5.23. The van der Waals surface area contributed by atoms with Crippen molar-refractivity contribution in [2.45, 2.75) is 52.4 Å². The van der Waals surface area contributed by atoms with Crippen molar-refractivity contribution >= 4 is 6.92 Å². The Balaban J connectivity index is 2.23. The third-order valence-electron chi connectivity index (χ3n) is 2.95. The van der Waals surface area contributed by atoms with Crippen molar-refractivity contribution in [1.82, 2.24) is 4.57 Å². The summed E-state index contributed by atoms with van der Waals surface area (Å²) in [6, 6.07) is 0. The molecular weight excluding hydrogens is 199 g/mol. The van der Waals surface area contributed by atoms with Crippen LogP contribution in [-0.4, -0.2) is 18.6 Å². The molecule has 0 amide bonds. The number of hydrogen-bond donors (Lipinski definition) is 0. The van der Waals surface area contributed by atoms with Crippen molar-refractivity contribution in [2.75, 3.05) is 7.11 Å². The Morgan fingerprint density at radius 3 is 2.88 bits per heavy atom. The minimum absolute atomic E-state index is 0.378. The fourth-order valence-corrected chi connectivity index (χ4v) is 1.72. The largest absolute Gasteiger partial charge is 0.439 e. The number of imidazole rings is 1. The molecule has 0 fully saturated rings. The van der Waals surface area contributed by atoms with Crippen LogP contribution in [0.5, 0.6) is 0 Å². The van der Waals surface area contributed by atoms with Crippen LogP contribution in [0, 0.1) is 0 Å². The van der Waals surface area contributed by atoms with E-state index in [2.05, 4.69) is 41.6 Å². The van der Waals surface area contributed by atoms with E-state index < -0.39 is 0 Å². The highest BCUT2D eigenvalue weighted by Crippen LogP contribution is 2.00. The quantitative estimate of drug-likeness (QED) is 0.488. The van der Waals surface area contributed by atoms with Crippen molar-refractivity contribution in [3.05, 3.63) is 18.7 Å². The van der Waals surface area contributed by atoms with Gasteiger partial charge in [-0.3, -0.25) is 0 Å². The van der Waals surface area contributed by atoms with Gasteiger partial charge in [0, 0.05) is 7.11 Å². The normalized spacial score (nSPS) is 10.7. The van der Waals surface area contributed by atoms with Gasteiger partial charge in [-0.25, -0.2) is 9.13 Å². The second kappa shape index (κ2) is 7.50. The minimum atomic E-state index is 0.378. The fraction of sp³-hybridized carbons (Fsp3) is 0.750. The van der Waals surface area contributed by atoms with E-state index in [1.807, 2.05) is 0 Å². The van der Waals surface area contributed by atoms with E-state index in [4.69, 9.17) is 4.65 Å².